The number of methoxy groups -OCH3 is 1. The predicted octanol–water partition coefficient (Wildman–Crippen LogP) is 2.48. The van der Waals surface area contributed by atoms with E-state index in [0.29, 0.717) is 13.1 Å². The number of esters is 1. The summed E-state index contributed by atoms with van der Waals surface area (Å²) in [5.74, 6) is -0.912. The SMILES string of the molecule is COc1ccc(C(=O)OCC(=O)NC2CCCCCC2)cc1S(=O)(=O)N1CCCC1. The van der Waals surface area contributed by atoms with Crippen molar-refractivity contribution in [1.29, 1.82) is 0 Å². The van der Waals surface area contributed by atoms with Gasteiger partial charge in [-0.15, -0.1) is 0 Å². The van der Waals surface area contributed by atoms with Gasteiger partial charge in [0.15, 0.2) is 6.61 Å². The average molecular weight is 439 g/mol. The number of nitrogens with zero attached hydrogens (tertiary/aromatic N) is 1. The van der Waals surface area contributed by atoms with Crippen molar-refractivity contribution in [1.82, 2.24) is 9.62 Å². The topological polar surface area (TPSA) is 102 Å². The van der Waals surface area contributed by atoms with Gasteiger partial charge < -0.3 is 14.8 Å². The minimum Gasteiger partial charge on any atom is -0.495 e. The number of carbonyl (C=O) groups excluding carboxylic acids is 2. The molecule has 2 aliphatic rings. The number of sulfonamides is 1. The zero-order valence-corrected chi connectivity index (χ0v) is 18.2. The fourth-order valence-electron chi connectivity index (χ4n) is 3.98. The highest BCUT2D eigenvalue weighted by Crippen LogP contribution is 2.30. The molecular formula is C21H30N2O6S. The van der Waals surface area contributed by atoms with E-state index in [4.69, 9.17) is 9.47 Å². The Morgan fingerprint density at radius 2 is 1.73 bits per heavy atom. The van der Waals surface area contributed by atoms with E-state index in [0.717, 1.165) is 38.5 Å². The first-order chi connectivity index (χ1) is 14.4. The summed E-state index contributed by atoms with van der Waals surface area (Å²) in [4.78, 5) is 24.5. The Kier molecular flexibility index (Phi) is 7.71. The molecule has 1 aliphatic heterocycles. The Bertz CT molecular complexity index is 856. The Balaban J connectivity index is 1.65. The maximum atomic E-state index is 12.9. The summed E-state index contributed by atoms with van der Waals surface area (Å²) < 4.78 is 37.6. The first-order valence-corrected chi connectivity index (χ1v) is 12.0. The van der Waals surface area contributed by atoms with E-state index in [-0.39, 0.29) is 28.2 Å². The molecule has 0 radical (unpaired) electrons. The van der Waals surface area contributed by atoms with Gasteiger partial charge >= 0.3 is 5.97 Å². The van der Waals surface area contributed by atoms with Crippen LogP contribution in [0.5, 0.6) is 5.75 Å². The molecule has 1 N–H and O–H groups in total. The molecule has 30 heavy (non-hydrogen) atoms. The van der Waals surface area contributed by atoms with E-state index in [2.05, 4.69) is 5.32 Å². The Labute approximate surface area is 178 Å². The molecule has 1 amide bonds. The van der Waals surface area contributed by atoms with Crippen LogP contribution in [-0.2, 0) is 19.6 Å². The highest BCUT2D eigenvalue weighted by Gasteiger charge is 2.31. The summed E-state index contributed by atoms with van der Waals surface area (Å²) in [5, 5.41) is 2.92. The number of amides is 1. The predicted molar refractivity (Wildman–Crippen MR) is 111 cm³/mol. The monoisotopic (exact) mass is 438 g/mol. The molecule has 0 unspecified atom stereocenters. The largest absolute Gasteiger partial charge is 0.495 e. The highest BCUT2D eigenvalue weighted by atomic mass is 32.2. The first-order valence-electron chi connectivity index (χ1n) is 10.6. The van der Waals surface area contributed by atoms with Gasteiger partial charge in [-0.1, -0.05) is 25.7 Å². The maximum Gasteiger partial charge on any atom is 0.338 e. The van der Waals surface area contributed by atoms with Crippen LogP contribution in [0.1, 0.15) is 61.7 Å². The van der Waals surface area contributed by atoms with E-state index < -0.39 is 22.6 Å². The van der Waals surface area contributed by atoms with E-state index in [9.17, 15) is 18.0 Å². The average Bonchev–Trinajstić information content (AvgIpc) is 3.18. The summed E-state index contributed by atoms with van der Waals surface area (Å²) in [6.07, 6.45) is 8.03. The summed E-state index contributed by atoms with van der Waals surface area (Å²) in [6.45, 7) is 0.499. The van der Waals surface area contributed by atoms with Crippen molar-refractivity contribution < 1.29 is 27.5 Å². The molecule has 0 bridgehead atoms. The normalized spacial score (nSPS) is 18.6. The maximum absolute atomic E-state index is 12.9. The zero-order chi connectivity index (χ0) is 21.6. The van der Waals surface area contributed by atoms with Crippen LogP contribution in [0, 0.1) is 0 Å². The molecule has 1 saturated carbocycles. The van der Waals surface area contributed by atoms with Gasteiger partial charge in [0, 0.05) is 19.1 Å². The second kappa shape index (κ2) is 10.3. The lowest BCUT2D eigenvalue weighted by Gasteiger charge is -2.18. The van der Waals surface area contributed by atoms with Gasteiger partial charge in [-0.05, 0) is 43.9 Å². The van der Waals surface area contributed by atoms with Crippen molar-refractivity contribution >= 4 is 21.9 Å². The zero-order valence-electron chi connectivity index (χ0n) is 17.4. The molecule has 0 atom stereocenters. The molecule has 2 fully saturated rings. The molecule has 1 heterocycles. The van der Waals surface area contributed by atoms with Crippen molar-refractivity contribution in [3.05, 3.63) is 23.8 Å². The minimum absolute atomic E-state index is 0.0655. The summed E-state index contributed by atoms with van der Waals surface area (Å²) in [6, 6.07) is 4.26. The number of rotatable bonds is 7. The van der Waals surface area contributed by atoms with E-state index in [1.165, 1.54) is 42.5 Å². The van der Waals surface area contributed by atoms with E-state index >= 15 is 0 Å². The standard InChI is InChI=1S/C21H30N2O6S/c1-28-18-11-10-16(14-19(18)30(26,27)23-12-6-7-13-23)21(25)29-15-20(24)22-17-8-4-2-3-5-9-17/h10-11,14,17H,2-9,12-13,15H2,1H3,(H,22,24). The number of carbonyl (C=O) groups is 2. The third-order valence-electron chi connectivity index (χ3n) is 5.64. The minimum atomic E-state index is -3.77. The summed E-state index contributed by atoms with van der Waals surface area (Å²) in [5.41, 5.74) is 0.0656. The van der Waals surface area contributed by atoms with Gasteiger partial charge in [0.25, 0.3) is 5.91 Å². The van der Waals surface area contributed by atoms with Gasteiger partial charge in [-0.25, -0.2) is 13.2 Å². The van der Waals surface area contributed by atoms with Crippen molar-refractivity contribution in [2.75, 3.05) is 26.8 Å². The number of hydrogen-bond donors (Lipinski definition) is 1. The van der Waals surface area contributed by atoms with Gasteiger partial charge in [0.1, 0.15) is 10.6 Å². The molecule has 3 rings (SSSR count). The van der Waals surface area contributed by atoms with Gasteiger partial charge in [-0.2, -0.15) is 4.31 Å². The molecule has 1 aromatic rings. The molecule has 166 valence electrons. The number of ether oxygens (including phenoxy) is 2. The van der Waals surface area contributed by atoms with Crippen molar-refractivity contribution in [2.24, 2.45) is 0 Å². The molecule has 0 aromatic heterocycles. The van der Waals surface area contributed by atoms with Crippen LogP contribution in [0.2, 0.25) is 0 Å². The van der Waals surface area contributed by atoms with Gasteiger partial charge in [0.2, 0.25) is 10.0 Å². The smallest absolute Gasteiger partial charge is 0.338 e. The van der Waals surface area contributed by atoms with Crippen LogP contribution >= 0.6 is 0 Å². The van der Waals surface area contributed by atoms with Crippen molar-refractivity contribution in [3.8, 4) is 5.75 Å². The van der Waals surface area contributed by atoms with E-state index in [1.54, 1.807) is 0 Å². The van der Waals surface area contributed by atoms with Crippen molar-refractivity contribution in [3.63, 3.8) is 0 Å². The van der Waals surface area contributed by atoms with Gasteiger partial charge in [-0.3, -0.25) is 4.79 Å². The molecule has 0 spiro atoms. The molecule has 1 saturated heterocycles. The molecule has 8 nitrogen and oxygen atoms in total. The first kappa shape index (κ1) is 22.6. The quantitative estimate of drug-likeness (QED) is 0.518. The van der Waals surface area contributed by atoms with Crippen LogP contribution in [0.25, 0.3) is 0 Å². The second-order valence-corrected chi connectivity index (χ2v) is 9.72. The third-order valence-corrected chi connectivity index (χ3v) is 7.56. The second-order valence-electron chi connectivity index (χ2n) is 7.81. The van der Waals surface area contributed by atoms with Crippen LogP contribution in [0.3, 0.4) is 0 Å². The molecule has 1 aromatic carbocycles. The molecule has 9 heteroatoms. The van der Waals surface area contributed by atoms with E-state index in [1.807, 2.05) is 0 Å². The Morgan fingerprint density at radius 1 is 1.07 bits per heavy atom. The van der Waals surface area contributed by atoms with Crippen LogP contribution in [-0.4, -0.2) is 57.4 Å². The lowest BCUT2D eigenvalue weighted by atomic mass is 10.1. The number of nitrogens with one attached hydrogen (secondary N) is 1. The Hall–Kier alpha value is -2.13. The lowest BCUT2D eigenvalue weighted by molar-refractivity contribution is -0.125. The van der Waals surface area contributed by atoms with Gasteiger partial charge in [0.05, 0.1) is 12.7 Å². The Morgan fingerprint density at radius 3 is 2.37 bits per heavy atom. The highest BCUT2D eigenvalue weighted by molar-refractivity contribution is 7.89. The lowest BCUT2D eigenvalue weighted by Crippen LogP contribution is -2.37. The molecule has 1 aliphatic carbocycles. The van der Waals surface area contributed by atoms with Crippen molar-refractivity contribution in [2.45, 2.75) is 62.3 Å². The summed E-state index contributed by atoms with van der Waals surface area (Å²) in [7, 11) is -2.39. The fraction of sp³-hybridized carbons (Fsp3) is 0.619. The van der Waals surface area contributed by atoms with Crippen LogP contribution in [0.4, 0.5) is 0 Å². The number of benzene rings is 1. The number of hydrogen-bond acceptors (Lipinski definition) is 6. The van der Waals surface area contributed by atoms with Crippen LogP contribution in [0.15, 0.2) is 23.1 Å². The summed E-state index contributed by atoms with van der Waals surface area (Å²) >= 11 is 0. The van der Waals surface area contributed by atoms with Crippen LogP contribution < -0.4 is 10.1 Å². The fourth-order valence-corrected chi connectivity index (χ4v) is 5.68. The molecular weight excluding hydrogens is 408 g/mol. The third kappa shape index (κ3) is 5.51.